The molecule has 2 aliphatic rings. The van der Waals surface area contributed by atoms with Crippen LogP contribution in [0.4, 0.5) is 4.39 Å². The molecule has 0 spiro atoms. The number of unbranched alkanes of at least 4 members (excludes halogenated alkanes) is 2. The Balaban J connectivity index is 1.23. The molecule has 0 radical (unpaired) electrons. The quantitative estimate of drug-likeness (QED) is 0.237. The van der Waals surface area contributed by atoms with Crippen LogP contribution in [0.1, 0.15) is 108 Å². The van der Waals surface area contributed by atoms with E-state index in [1.54, 1.807) is 6.08 Å². The Labute approximate surface area is 207 Å². The Morgan fingerprint density at radius 3 is 2.15 bits per heavy atom. The Bertz CT molecular complexity index is 903. The summed E-state index contributed by atoms with van der Waals surface area (Å²) in [6, 6.07) is 9.77. The fourth-order valence-corrected chi connectivity index (χ4v) is 6.57. The van der Waals surface area contributed by atoms with Gasteiger partial charge >= 0.3 is 0 Å². The van der Waals surface area contributed by atoms with Crippen molar-refractivity contribution in [2.75, 3.05) is 6.61 Å². The van der Waals surface area contributed by atoms with Gasteiger partial charge in [0.05, 0.1) is 0 Å². The normalized spacial score (nSPS) is 25.4. The van der Waals surface area contributed by atoms with E-state index in [2.05, 4.69) is 19.6 Å². The average Bonchev–Trinajstić information content (AvgIpc) is 2.88. The van der Waals surface area contributed by atoms with Gasteiger partial charge in [-0.05, 0) is 78.5 Å². The summed E-state index contributed by atoms with van der Waals surface area (Å²) >= 11 is 0. The zero-order chi connectivity index (χ0) is 23.8. The molecule has 4 rings (SSSR count). The van der Waals surface area contributed by atoms with Gasteiger partial charge in [-0.25, -0.2) is 4.39 Å². The van der Waals surface area contributed by atoms with Gasteiger partial charge in [0.2, 0.25) is 0 Å². The van der Waals surface area contributed by atoms with Crippen LogP contribution in [0.3, 0.4) is 0 Å². The highest BCUT2D eigenvalue weighted by atomic mass is 19.1. The molecule has 0 heterocycles. The van der Waals surface area contributed by atoms with Crippen LogP contribution < -0.4 is 4.74 Å². The maximum Gasteiger partial charge on any atom is 0.134 e. The molecular weight excluding hydrogens is 419 g/mol. The van der Waals surface area contributed by atoms with Crippen molar-refractivity contribution in [1.29, 1.82) is 0 Å². The lowest BCUT2D eigenvalue weighted by atomic mass is 9.73. The summed E-state index contributed by atoms with van der Waals surface area (Å²) in [7, 11) is 0. The van der Waals surface area contributed by atoms with Crippen molar-refractivity contribution >= 4 is 10.8 Å². The molecule has 34 heavy (non-hydrogen) atoms. The summed E-state index contributed by atoms with van der Waals surface area (Å²) in [5.41, 5.74) is 0.923. The van der Waals surface area contributed by atoms with E-state index >= 15 is 4.39 Å². The molecule has 1 nitrogen and oxygen atoms in total. The largest absolute Gasteiger partial charge is 0.490 e. The molecule has 186 valence electrons. The molecule has 2 saturated carbocycles. The van der Waals surface area contributed by atoms with E-state index in [1.807, 2.05) is 24.3 Å². The van der Waals surface area contributed by atoms with Gasteiger partial charge < -0.3 is 4.74 Å². The topological polar surface area (TPSA) is 9.23 Å². The molecule has 0 N–H and O–H groups in total. The van der Waals surface area contributed by atoms with Crippen molar-refractivity contribution < 1.29 is 9.13 Å². The lowest BCUT2D eigenvalue weighted by molar-refractivity contribution is 0.222. The number of halogens is 1. The van der Waals surface area contributed by atoms with E-state index in [-0.39, 0.29) is 5.82 Å². The predicted molar refractivity (Wildman–Crippen MR) is 143 cm³/mol. The summed E-state index contributed by atoms with van der Waals surface area (Å²) in [6.45, 7) is 6.46. The number of hydrogen-bond donors (Lipinski definition) is 0. The van der Waals surface area contributed by atoms with Gasteiger partial charge in [0, 0.05) is 5.39 Å². The first-order valence-corrected chi connectivity index (χ1v) is 14.1. The summed E-state index contributed by atoms with van der Waals surface area (Å²) < 4.78 is 21.0. The molecule has 0 atom stereocenters. The molecule has 0 aromatic heterocycles. The van der Waals surface area contributed by atoms with E-state index in [0.717, 1.165) is 52.7 Å². The maximum absolute atomic E-state index is 15.4. The molecule has 2 fully saturated rings. The van der Waals surface area contributed by atoms with Crippen LogP contribution in [-0.2, 0) is 0 Å². The highest BCUT2D eigenvalue weighted by molar-refractivity contribution is 5.85. The third-order valence-corrected chi connectivity index (χ3v) is 8.78. The molecule has 2 aliphatic carbocycles. The lowest BCUT2D eigenvalue weighted by Gasteiger charge is -2.32. The highest BCUT2D eigenvalue weighted by Crippen LogP contribution is 2.42. The molecule has 0 aliphatic heterocycles. The summed E-state index contributed by atoms with van der Waals surface area (Å²) in [5, 5.41) is 1.63. The van der Waals surface area contributed by atoms with Gasteiger partial charge in [-0.1, -0.05) is 95.9 Å². The second kappa shape index (κ2) is 12.8. The van der Waals surface area contributed by atoms with Gasteiger partial charge in [-0.2, -0.15) is 0 Å². The number of fused-ring (bicyclic) bond motifs is 1. The molecule has 0 bridgehead atoms. The minimum Gasteiger partial charge on any atom is -0.490 e. The molecular formula is C32H45FO. The van der Waals surface area contributed by atoms with Crippen LogP contribution >= 0.6 is 0 Å². The summed E-state index contributed by atoms with van der Waals surface area (Å²) in [4.78, 5) is 0. The number of ether oxygens (including phenoxy) is 1. The average molecular weight is 465 g/mol. The zero-order valence-electron chi connectivity index (χ0n) is 21.4. The van der Waals surface area contributed by atoms with E-state index in [9.17, 15) is 0 Å². The van der Waals surface area contributed by atoms with Crippen LogP contribution in [0, 0.1) is 23.6 Å². The molecule has 2 aromatic rings. The van der Waals surface area contributed by atoms with Crippen molar-refractivity contribution in [3.05, 3.63) is 54.4 Å². The zero-order valence-corrected chi connectivity index (χ0v) is 21.4. The Hall–Kier alpha value is -1.83. The Morgan fingerprint density at radius 2 is 1.50 bits per heavy atom. The third-order valence-electron chi connectivity index (χ3n) is 8.78. The first kappa shape index (κ1) is 25.3. The monoisotopic (exact) mass is 464 g/mol. The Kier molecular flexibility index (Phi) is 9.48. The smallest absolute Gasteiger partial charge is 0.134 e. The van der Waals surface area contributed by atoms with E-state index in [0.29, 0.717) is 12.5 Å². The number of rotatable bonds is 11. The van der Waals surface area contributed by atoms with Crippen LogP contribution in [-0.4, -0.2) is 6.61 Å². The second-order valence-corrected chi connectivity index (χ2v) is 11.1. The van der Waals surface area contributed by atoms with Crippen molar-refractivity contribution in [3.63, 3.8) is 0 Å². The van der Waals surface area contributed by atoms with Crippen molar-refractivity contribution in [1.82, 2.24) is 0 Å². The first-order chi connectivity index (χ1) is 16.7. The van der Waals surface area contributed by atoms with Gasteiger partial charge in [0.15, 0.2) is 0 Å². The summed E-state index contributed by atoms with van der Waals surface area (Å²) in [6.07, 6.45) is 20.9. The van der Waals surface area contributed by atoms with Crippen LogP contribution in [0.2, 0.25) is 0 Å². The van der Waals surface area contributed by atoms with Crippen LogP contribution in [0.15, 0.2) is 43.0 Å². The van der Waals surface area contributed by atoms with Gasteiger partial charge in [-0.3, -0.25) is 0 Å². The second-order valence-electron chi connectivity index (χ2n) is 11.1. The third kappa shape index (κ3) is 6.64. The highest BCUT2D eigenvalue weighted by Gasteiger charge is 2.27. The van der Waals surface area contributed by atoms with E-state index in [1.165, 1.54) is 77.0 Å². The fourth-order valence-electron chi connectivity index (χ4n) is 6.57. The van der Waals surface area contributed by atoms with Crippen molar-refractivity contribution in [3.8, 4) is 5.75 Å². The minimum absolute atomic E-state index is 0.0214. The first-order valence-electron chi connectivity index (χ1n) is 14.1. The number of benzene rings is 2. The Morgan fingerprint density at radius 1 is 0.853 bits per heavy atom. The van der Waals surface area contributed by atoms with Gasteiger partial charge in [0.1, 0.15) is 18.2 Å². The molecule has 0 unspecified atom stereocenters. The molecule has 0 saturated heterocycles. The maximum atomic E-state index is 15.4. The van der Waals surface area contributed by atoms with E-state index < -0.39 is 0 Å². The summed E-state index contributed by atoms with van der Waals surface area (Å²) in [5.74, 6) is 3.96. The van der Waals surface area contributed by atoms with E-state index in [4.69, 9.17) is 4.74 Å². The van der Waals surface area contributed by atoms with Gasteiger partial charge in [-0.15, -0.1) is 0 Å². The van der Waals surface area contributed by atoms with Crippen molar-refractivity contribution in [2.24, 2.45) is 17.8 Å². The van der Waals surface area contributed by atoms with Crippen molar-refractivity contribution in [2.45, 2.75) is 103 Å². The minimum atomic E-state index is -0.0214. The van der Waals surface area contributed by atoms with Crippen LogP contribution in [0.5, 0.6) is 5.75 Å². The van der Waals surface area contributed by atoms with Crippen LogP contribution in [0.25, 0.3) is 10.8 Å². The standard InChI is InChI=1S/C32H45FO/c1-3-5-6-7-24-8-10-25(11-9-24)12-13-26-14-16-27(17-15-26)30-20-18-28-23-29(34-22-4-2)19-21-31(28)32(30)33/h4,18-21,23-27H,2-3,5-17,22H2,1H3. The molecule has 0 amide bonds. The fraction of sp³-hybridized carbons (Fsp3) is 0.625. The SMILES string of the molecule is C=CCOc1ccc2c(F)c(C3CCC(CCC4CCC(CCCCC)CC4)CC3)ccc2c1. The molecule has 2 aromatic carbocycles. The predicted octanol–water partition coefficient (Wildman–Crippen LogP) is 9.98. The molecule has 2 heteroatoms. The lowest BCUT2D eigenvalue weighted by Crippen LogP contribution is -2.18. The number of hydrogen-bond acceptors (Lipinski definition) is 1. The van der Waals surface area contributed by atoms with Gasteiger partial charge in [0.25, 0.3) is 0 Å².